The quantitative estimate of drug-likeness (QED) is 0.466. The van der Waals surface area contributed by atoms with E-state index in [9.17, 15) is 20.0 Å². The van der Waals surface area contributed by atoms with Gasteiger partial charge < -0.3 is 20.1 Å². The van der Waals surface area contributed by atoms with Gasteiger partial charge in [-0.3, -0.25) is 10.1 Å². The monoisotopic (exact) mass is 505 g/mol. The number of nitrogens with one attached hydrogen (secondary N) is 2. The number of fused-ring (bicyclic) bond motifs is 2. The van der Waals surface area contributed by atoms with Crippen LogP contribution in [0.25, 0.3) is 21.9 Å². The zero-order chi connectivity index (χ0) is 25.2. The molecule has 10 heteroatoms. The number of hydrogen-bond acceptors (Lipinski definition) is 7. The van der Waals surface area contributed by atoms with Gasteiger partial charge in [-0.2, -0.15) is 5.26 Å². The predicted octanol–water partition coefficient (Wildman–Crippen LogP) is 2.89. The molecule has 3 heterocycles. The van der Waals surface area contributed by atoms with Gasteiger partial charge in [-0.05, 0) is 41.6 Å². The third kappa shape index (κ3) is 4.58. The van der Waals surface area contributed by atoms with Crippen molar-refractivity contribution in [1.82, 2.24) is 20.5 Å². The van der Waals surface area contributed by atoms with Crippen LogP contribution in [0.1, 0.15) is 16.9 Å². The Morgan fingerprint density at radius 2 is 2.08 bits per heavy atom. The lowest BCUT2D eigenvalue weighted by atomic mass is 9.86. The van der Waals surface area contributed by atoms with Crippen LogP contribution in [0.5, 0.6) is 5.75 Å². The molecule has 0 spiro atoms. The van der Waals surface area contributed by atoms with Gasteiger partial charge in [0.25, 0.3) is 0 Å². The molecule has 5 rings (SSSR count). The number of carbonyl (C=O) groups is 2. The molecule has 2 saturated heterocycles. The summed E-state index contributed by atoms with van der Waals surface area (Å²) in [5, 5.41) is 27.1. The topological polar surface area (TPSA) is 128 Å². The largest absolute Gasteiger partial charge is 0.491 e. The molecule has 2 aromatic carbocycles. The minimum Gasteiger partial charge on any atom is -0.491 e. The van der Waals surface area contributed by atoms with E-state index < -0.39 is 5.97 Å². The first-order valence-electron chi connectivity index (χ1n) is 11.6. The maximum absolute atomic E-state index is 13.1. The summed E-state index contributed by atoms with van der Waals surface area (Å²) in [5.41, 5.74) is 1.46. The van der Waals surface area contributed by atoms with Crippen LogP contribution in [0.2, 0.25) is 5.02 Å². The molecule has 36 heavy (non-hydrogen) atoms. The number of aromatic carboxylic acids is 1. The Hall–Kier alpha value is -3.71. The average molecular weight is 506 g/mol. The Morgan fingerprint density at radius 1 is 1.22 bits per heavy atom. The van der Waals surface area contributed by atoms with E-state index in [0.29, 0.717) is 47.9 Å². The smallest absolute Gasteiger partial charge is 0.355 e. The normalized spacial score (nSPS) is 21.6. The van der Waals surface area contributed by atoms with Gasteiger partial charge >= 0.3 is 5.97 Å². The highest BCUT2D eigenvalue weighted by atomic mass is 35.5. The Kier molecular flexibility index (Phi) is 6.74. The molecule has 2 aliphatic heterocycles. The van der Waals surface area contributed by atoms with Gasteiger partial charge in [0.1, 0.15) is 12.4 Å². The van der Waals surface area contributed by atoms with Crippen LogP contribution in [-0.2, 0) is 4.79 Å². The summed E-state index contributed by atoms with van der Waals surface area (Å²) in [6.45, 7) is 1.65. The first-order valence-corrected chi connectivity index (χ1v) is 12.0. The number of rotatable bonds is 6. The molecule has 0 bridgehead atoms. The number of carboxylic acids is 1. The van der Waals surface area contributed by atoms with Crippen LogP contribution in [0.15, 0.2) is 48.7 Å². The molecule has 1 amide bonds. The fraction of sp³-hybridized carbons (Fsp3) is 0.308. The molecule has 1 aromatic heterocycles. The third-order valence-corrected chi connectivity index (χ3v) is 6.98. The van der Waals surface area contributed by atoms with Crippen LogP contribution >= 0.6 is 11.6 Å². The number of amides is 1. The third-order valence-electron chi connectivity index (χ3n) is 6.75. The van der Waals surface area contributed by atoms with E-state index in [0.717, 1.165) is 10.9 Å². The number of pyridine rings is 1. The lowest BCUT2D eigenvalue weighted by molar-refractivity contribution is -0.142. The van der Waals surface area contributed by atoms with E-state index >= 15 is 0 Å². The van der Waals surface area contributed by atoms with Gasteiger partial charge in [-0.1, -0.05) is 29.8 Å². The first-order chi connectivity index (χ1) is 17.5. The highest BCUT2D eigenvalue weighted by Gasteiger charge is 2.40. The Balaban J connectivity index is 1.35. The SMILES string of the molecule is N#CC1CC2C(=O)N(CCOc3ccc(Cl)cc3-c3cccc4c(C(=O)O)nccc34)CNC2CN1. The van der Waals surface area contributed by atoms with Gasteiger partial charge in [0, 0.05) is 34.8 Å². The number of carbonyl (C=O) groups excluding carboxylic acids is 1. The Morgan fingerprint density at radius 3 is 2.89 bits per heavy atom. The van der Waals surface area contributed by atoms with Gasteiger partial charge in [0.2, 0.25) is 5.91 Å². The number of hydrogen-bond donors (Lipinski definition) is 3. The van der Waals surface area contributed by atoms with E-state index in [1.807, 2.05) is 6.07 Å². The van der Waals surface area contributed by atoms with Gasteiger partial charge in [-0.25, -0.2) is 9.78 Å². The fourth-order valence-electron chi connectivity index (χ4n) is 4.94. The summed E-state index contributed by atoms with van der Waals surface area (Å²) in [4.78, 5) is 30.4. The number of carboxylic acid groups (broad SMARTS) is 1. The minimum atomic E-state index is -1.10. The molecule has 2 fully saturated rings. The van der Waals surface area contributed by atoms with Gasteiger partial charge in [0.15, 0.2) is 5.69 Å². The van der Waals surface area contributed by atoms with Crippen molar-refractivity contribution in [2.45, 2.75) is 18.5 Å². The molecular formula is C26H24ClN5O4. The molecule has 0 aliphatic carbocycles. The van der Waals surface area contributed by atoms with Crippen molar-refractivity contribution in [3.63, 3.8) is 0 Å². The standard InChI is InChI=1S/C26H24ClN5O4/c27-15-4-5-23(20(10-15)17-2-1-3-19-18(17)6-7-29-24(19)26(34)35)36-9-8-32-14-31-22-13-30-16(12-28)11-21(22)25(32)33/h1-7,10,16,21-22,30-31H,8-9,11,13-14H2,(H,34,35). The number of nitrogens with zero attached hydrogens (tertiary/aromatic N) is 3. The van der Waals surface area contributed by atoms with Crippen molar-refractivity contribution in [2.24, 2.45) is 5.92 Å². The molecule has 3 atom stereocenters. The molecule has 9 nitrogen and oxygen atoms in total. The number of piperidine rings is 1. The second-order valence-corrected chi connectivity index (χ2v) is 9.29. The maximum atomic E-state index is 13.1. The molecular weight excluding hydrogens is 482 g/mol. The molecule has 184 valence electrons. The molecule has 3 unspecified atom stereocenters. The molecule has 0 saturated carbocycles. The summed E-state index contributed by atoms with van der Waals surface area (Å²) in [6.07, 6.45) is 1.96. The van der Waals surface area contributed by atoms with Crippen LogP contribution in [0, 0.1) is 17.2 Å². The fourth-order valence-corrected chi connectivity index (χ4v) is 5.12. The van der Waals surface area contributed by atoms with Gasteiger partial charge in [0.05, 0.1) is 31.2 Å². The van der Waals surface area contributed by atoms with Crippen molar-refractivity contribution < 1.29 is 19.4 Å². The summed E-state index contributed by atoms with van der Waals surface area (Å²) in [5.74, 6) is -0.730. The van der Waals surface area contributed by atoms with Crippen molar-refractivity contribution in [3.8, 4) is 22.9 Å². The number of nitriles is 1. The van der Waals surface area contributed by atoms with E-state index in [1.54, 1.807) is 41.3 Å². The molecule has 3 N–H and O–H groups in total. The predicted molar refractivity (Wildman–Crippen MR) is 134 cm³/mol. The Bertz CT molecular complexity index is 1370. The van der Waals surface area contributed by atoms with Gasteiger partial charge in [-0.15, -0.1) is 0 Å². The van der Waals surface area contributed by atoms with Crippen molar-refractivity contribution in [2.75, 3.05) is 26.4 Å². The summed E-state index contributed by atoms with van der Waals surface area (Å²) in [6, 6.07) is 14.3. The van der Waals surface area contributed by atoms with E-state index in [-0.39, 0.29) is 36.2 Å². The molecule has 3 aromatic rings. The van der Waals surface area contributed by atoms with Crippen molar-refractivity contribution in [3.05, 3.63) is 59.4 Å². The summed E-state index contributed by atoms with van der Waals surface area (Å²) >= 11 is 6.31. The molecule has 0 radical (unpaired) electrons. The van der Waals surface area contributed by atoms with Crippen LogP contribution < -0.4 is 15.4 Å². The van der Waals surface area contributed by atoms with Crippen molar-refractivity contribution >= 4 is 34.2 Å². The Labute approximate surface area is 212 Å². The number of halogens is 1. The second-order valence-electron chi connectivity index (χ2n) is 8.86. The summed E-state index contributed by atoms with van der Waals surface area (Å²) < 4.78 is 6.13. The maximum Gasteiger partial charge on any atom is 0.355 e. The highest BCUT2D eigenvalue weighted by Crippen LogP contribution is 2.37. The zero-order valence-electron chi connectivity index (χ0n) is 19.3. The van der Waals surface area contributed by atoms with Crippen LogP contribution in [-0.4, -0.2) is 65.3 Å². The second kappa shape index (κ2) is 10.1. The lowest BCUT2D eigenvalue weighted by Gasteiger charge is -2.42. The van der Waals surface area contributed by atoms with Crippen LogP contribution in [0.3, 0.4) is 0 Å². The van der Waals surface area contributed by atoms with E-state index in [2.05, 4.69) is 21.7 Å². The zero-order valence-corrected chi connectivity index (χ0v) is 20.0. The summed E-state index contributed by atoms with van der Waals surface area (Å²) in [7, 11) is 0. The number of benzene rings is 2. The lowest BCUT2D eigenvalue weighted by Crippen LogP contribution is -2.64. The van der Waals surface area contributed by atoms with Crippen LogP contribution in [0.4, 0.5) is 0 Å². The number of ether oxygens (including phenoxy) is 1. The van der Waals surface area contributed by atoms with Crippen molar-refractivity contribution in [1.29, 1.82) is 5.26 Å². The molecule has 2 aliphatic rings. The number of aromatic nitrogens is 1. The first kappa shape index (κ1) is 24.0. The average Bonchev–Trinajstić information content (AvgIpc) is 2.89. The minimum absolute atomic E-state index is 0.0233. The van der Waals surface area contributed by atoms with E-state index in [1.165, 1.54) is 6.20 Å². The van der Waals surface area contributed by atoms with E-state index in [4.69, 9.17) is 16.3 Å². The highest BCUT2D eigenvalue weighted by molar-refractivity contribution is 6.31.